The number of pyridine rings is 3. The maximum atomic E-state index is 6.24. The fraction of sp³-hybridized carbons (Fsp3) is 0.0282. The summed E-state index contributed by atoms with van der Waals surface area (Å²) < 4.78 is 6.24. The van der Waals surface area contributed by atoms with E-state index in [1.165, 1.54) is 0 Å². The minimum atomic E-state index is 0. The zero-order valence-corrected chi connectivity index (χ0v) is 44.1. The van der Waals surface area contributed by atoms with Gasteiger partial charge in [0.15, 0.2) is 0 Å². The average Bonchev–Trinajstić information content (AvgIpc) is 3.87. The normalized spacial score (nSPS) is 11.2. The molecule has 76 heavy (non-hydrogen) atoms. The van der Waals surface area contributed by atoms with E-state index in [0.29, 0.717) is 0 Å². The van der Waals surface area contributed by atoms with Crippen molar-refractivity contribution in [3.63, 3.8) is 0 Å². The minimum Gasteiger partial charge on any atom is -0.456 e. The fourth-order valence-corrected chi connectivity index (χ4v) is 10.2. The second-order valence-electron chi connectivity index (χ2n) is 19.1. The van der Waals surface area contributed by atoms with E-state index >= 15 is 0 Å². The standard InChI is InChI=1S/C71H46N3O.Ir/c1-46-19-35-67(73-44-46)51-27-21-48(22-28-51)59-11-3-6-14-62(59)56-39-57(63-15-7-4-12-60(63)49-23-29-52(30-24-49)68-36-20-47(2)45-74-68)41-58(40-56)64-16-8-5-13-61(64)50-25-31-53(32-26-50)69-42-55(37-38-72-69)54-33-34-66-65-17-9-10-18-70(65)75-71(66)43-54;/h3-27,29,31,33-45H,1-2H3;/q-3;+3. The predicted octanol–water partition coefficient (Wildman–Crippen LogP) is 18.5. The largest absolute Gasteiger partial charge is 3.00 e. The van der Waals surface area contributed by atoms with E-state index in [2.05, 4.69) is 242 Å². The predicted molar refractivity (Wildman–Crippen MR) is 307 cm³/mol. The molecular formula is C71H46IrN3O. The van der Waals surface area contributed by atoms with Crippen molar-refractivity contribution in [1.82, 2.24) is 15.0 Å². The fourth-order valence-electron chi connectivity index (χ4n) is 10.2. The summed E-state index contributed by atoms with van der Waals surface area (Å²) >= 11 is 0. The van der Waals surface area contributed by atoms with Gasteiger partial charge >= 0.3 is 20.1 Å². The number of benzene rings is 9. The van der Waals surface area contributed by atoms with Crippen molar-refractivity contribution in [2.24, 2.45) is 0 Å². The van der Waals surface area contributed by atoms with Gasteiger partial charge in [0.25, 0.3) is 0 Å². The first kappa shape index (κ1) is 47.9. The number of para-hydroxylation sites is 1. The van der Waals surface area contributed by atoms with Crippen molar-refractivity contribution in [1.29, 1.82) is 0 Å². The van der Waals surface area contributed by atoms with Crippen molar-refractivity contribution in [3.05, 3.63) is 272 Å². The molecule has 0 spiro atoms. The van der Waals surface area contributed by atoms with Crippen molar-refractivity contribution in [3.8, 4) is 112 Å². The van der Waals surface area contributed by atoms with Gasteiger partial charge in [-0.15, -0.1) is 89.5 Å². The Morgan fingerprint density at radius 3 is 1.17 bits per heavy atom. The van der Waals surface area contributed by atoms with Crippen LogP contribution in [-0.2, 0) is 20.1 Å². The van der Waals surface area contributed by atoms with Gasteiger partial charge in [-0.3, -0.25) is 0 Å². The topological polar surface area (TPSA) is 51.8 Å². The van der Waals surface area contributed by atoms with Crippen LogP contribution in [0.5, 0.6) is 0 Å². The summed E-state index contributed by atoms with van der Waals surface area (Å²) in [5.41, 5.74) is 24.9. The molecule has 0 fully saturated rings. The van der Waals surface area contributed by atoms with E-state index < -0.39 is 0 Å². The summed E-state index contributed by atoms with van der Waals surface area (Å²) in [6, 6.07) is 90.0. The maximum Gasteiger partial charge on any atom is 3.00 e. The van der Waals surface area contributed by atoms with E-state index in [1.807, 2.05) is 42.9 Å². The van der Waals surface area contributed by atoms with Crippen LogP contribution in [0.4, 0.5) is 0 Å². The van der Waals surface area contributed by atoms with Crippen molar-refractivity contribution >= 4 is 21.9 Å². The molecule has 0 bridgehead atoms. The molecule has 0 N–H and O–H groups in total. The molecular weight excluding hydrogens is 1100 g/mol. The Hall–Kier alpha value is -9.12. The van der Waals surface area contributed by atoms with Crippen LogP contribution in [0, 0.1) is 32.0 Å². The van der Waals surface area contributed by atoms with Gasteiger partial charge in [-0.05, 0) is 129 Å². The molecule has 0 unspecified atom stereocenters. The van der Waals surface area contributed by atoms with E-state index in [4.69, 9.17) is 9.40 Å². The number of aromatic nitrogens is 3. The van der Waals surface area contributed by atoms with Gasteiger partial charge in [-0.25, -0.2) is 0 Å². The summed E-state index contributed by atoms with van der Waals surface area (Å²) in [4.78, 5) is 14.2. The zero-order valence-electron chi connectivity index (χ0n) is 41.7. The molecule has 4 aromatic heterocycles. The first-order chi connectivity index (χ1) is 37.0. The van der Waals surface area contributed by atoms with Gasteiger partial charge in [0, 0.05) is 29.4 Å². The van der Waals surface area contributed by atoms with Crippen LogP contribution in [-0.4, -0.2) is 15.0 Å². The molecule has 5 heteroatoms. The zero-order chi connectivity index (χ0) is 50.2. The number of fused-ring (bicyclic) bond motifs is 3. The molecule has 0 radical (unpaired) electrons. The van der Waals surface area contributed by atoms with E-state index in [1.54, 1.807) is 0 Å². The molecule has 0 saturated carbocycles. The third-order valence-electron chi connectivity index (χ3n) is 14.1. The van der Waals surface area contributed by atoms with Gasteiger partial charge in [-0.1, -0.05) is 161 Å². The Labute approximate surface area is 456 Å². The SMILES string of the molecule is Cc1ccc(-c2[c-]cc(-c3ccccc3-c3cc(-c4ccccc4-c4c[c-]c(-c5ccc(C)cn5)cc4)cc(-c4ccccc4-c4c[c-]c(-c5cc(-c6ccc7c(c6)oc6ccccc67)ccn5)cc4)c3)cc2)nc1.[Ir+3]. The number of furan rings is 1. The molecule has 9 aromatic carbocycles. The summed E-state index contributed by atoms with van der Waals surface area (Å²) in [5.74, 6) is 0. The van der Waals surface area contributed by atoms with E-state index in [0.717, 1.165) is 145 Å². The van der Waals surface area contributed by atoms with Crippen LogP contribution < -0.4 is 0 Å². The Balaban J connectivity index is 0.00000582. The number of rotatable bonds is 10. The minimum absolute atomic E-state index is 0. The molecule has 13 rings (SSSR count). The van der Waals surface area contributed by atoms with Gasteiger partial charge in [-0.2, -0.15) is 0 Å². The Bertz CT molecular complexity index is 4070. The van der Waals surface area contributed by atoms with E-state index in [-0.39, 0.29) is 20.1 Å². The molecule has 0 atom stereocenters. The Morgan fingerprint density at radius 2 is 0.724 bits per heavy atom. The summed E-state index contributed by atoms with van der Waals surface area (Å²) in [6.07, 6.45) is 5.68. The summed E-state index contributed by atoms with van der Waals surface area (Å²) in [6.45, 7) is 4.11. The van der Waals surface area contributed by atoms with Crippen LogP contribution in [0.2, 0.25) is 0 Å². The average molecular weight is 1150 g/mol. The number of nitrogens with zero attached hydrogens (tertiary/aromatic N) is 3. The second kappa shape index (κ2) is 20.7. The van der Waals surface area contributed by atoms with Crippen LogP contribution in [0.3, 0.4) is 0 Å². The molecule has 4 heterocycles. The molecule has 0 aliphatic heterocycles. The number of hydrogen-bond donors (Lipinski definition) is 0. The van der Waals surface area contributed by atoms with Crippen LogP contribution in [0.15, 0.2) is 247 Å². The quantitative estimate of drug-likeness (QED) is 0.128. The van der Waals surface area contributed by atoms with Crippen molar-refractivity contribution in [2.75, 3.05) is 0 Å². The van der Waals surface area contributed by atoms with Gasteiger partial charge in [0.2, 0.25) is 0 Å². The van der Waals surface area contributed by atoms with Gasteiger partial charge in [0.1, 0.15) is 11.2 Å². The third-order valence-corrected chi connectivity index (χ3v) is 14.1. The van der Waals surface area contributed by atoms with Crippen LogP contribution in [0.1, 0.15) is 11.1 Å². The van der Waals surface area contributed by atoms with E-state index in [9.17, 15) is 0 Å². The number of aryl methyl sites for hydroxylation is 2. The van der Waals surface area contributed by atoms with Gasteiger partial charge in [0.05, 0.1) is 0 Å². The third kappa shape index (κ3) is 9.39. The smallest absolute Gasteiger partial charge is 0.456 e. The van der Waals surface area contributed by atoms with Crippen molar-refractivity contribution in [2.45, 2.75) is 13.8 Å². The molecule has 4 nitrogen and oxygen atoms in total. The molecule has 0 aliphatic rings. The monoisotopic (exact) mass is 1150 g/mol. The summed E-state index contributed by atoms with van der Waals surface area (Å²) in [7, 11) is 0. The Morgan fingerprint density at radius 1 is 0.316 bits per heavy atom. The molecule has 13 aromatic rings. The number of hydrogen-bond acceptors (Lipinski definition) is 4. The van der Waals surface area contributed by atoms with Gasteiger partial charge < -0.3 is 19.4 Å². The molecule has 0 aliphatic carbocycles. The van der Waals surface area contributed by atoms with Crippen LogP contribution in [0.25, 0.3) is 134 Å². The first-order valence-electron chi connectivity index (χ1n) is 25.2. The maximum absolute atomic E-state index is 6.24. The molecule has 360 valence electrons. The second-order valence-corrected chi connectivity index (χ2v) is 19.1. The van der Waals surface area contributed by atoms with Crippen molar-refractivity contribution < 1.29 is 24.5 Å². The summed E-state index contributed by atoms with van der Waals surface area (Å²) in [5, 5.41) is 2.23. The Kier molecular flexibility index (Phi) is 13.0. The van der Waals surface area contributed by atoms with Crippen LogP contribution >= 0.6 is 0 Å². The molecule has 0 amide bonds. The first-order valence-corrected chi connectivity index (χ1v) is 25.2. The molecule has 0 saturated heterocycles.